The monoisotopic (exact) mass is 281 g/mol. The predicted octanol–water partition coefficient (Wildman–Crippen LogP) is 2.65. The Balaban J connectivity index is 2.11. The first-order valence-electron chi connectivity index (χ1n) is 7.04. The quantitative estimate of drug-likeness (QED) is 0.809. The van der Waals surface area contributed by atoms with E-state index in [1.165, 1.54) is 19.3 Å². The fraction of sp³-hybridized carbons (Fsp3) is 0.769. The fourth-order valence-corrected chi connectivity index (χ4v) is 2.88. The Morgan fingerprint density at radius 1 is 1.26 bits per heavy atom. The standard InChI is InChI=1S/C13H23N5S/c1-4-10(2)9-19-13-16-11(14-3)15-12(17-13)18-7-5-6-8-18/h10H,4-9H2,1-3H3,(H,14,15,16,17). The largest absolute Gasteiger partial charge is 0.357 e. The van der Waals surface area contributed by atoms with Gasteiger partial charge in [-0.2, -0.15) is 15.0 Å². The van der Waals surface area contributed by atoms with Gasteiger partial charge in [0.2, 0.25) is 11.9 Å². The van der Waals surface area contributed by atoms with Gasteiger partial charge in [0, 0.05) is 25.9 Å². The van der Waals surface area contributed by atoms with Crippen LogP contribution in [0.5, 0.6) is 0 Å². The topological polar surface area (TPSA) is 53.9 Å². The van der Waals surface area contributed by atoms with E-state index in [9.17, 15) is 0 Å². The first kappa shape index (κ1) is 14.4. The van der Waals surface area contributed by atoms with Crippen LogP contribution in [0.1, 0.15) is 33.1 Å². The molecule has 1 unspecified atom stereocenters. The summed E-state index contributed by atoms with van der Waals surface area (Å²) in [4.78, 5) is 15.7. The summed E-state index contributed by atoms with van der Waals surface area (Å²) in [6, 6.07) is 0. The van der Waals surface area contributed by atoms with Crippen LogP contribution in [0, 0.1) is 5.92 Å². The molecule has 1 saturated heterocycles. The molecule has 6 heteroatoms. The predicted molar refractivity (Wildman–Crippen MR) is 81.0 cm³/mol. The molecule has 1 aromatic heterocycles. The Morgan fingerprint density at radius 3 is 2.63 bits per heavy atom. The van der Waals surface area contributed by atoms with Gasteiger partial charge in [0.25, 0.3) is 0 Å². The van der Waals surface area contributed by atoms with Crippen molar-refractivity contribution in [2.45, 2.75) is 38.3 Å². The van der Waals surface area contributed by atoms with Crippen LogP contribution in [0.25, 0.3) is 0 Å². The molecule has 0 amide bonds. The van der Waals surface area contributed by atoms with Crippen molar-refractivity contribution in [3.05, 3.63) is 0 Å². The van der Waals surface area contributed by atoms with Gasteiger partial charge < -0.3 is 10.2 Å². The van der Waals surface area contributed by atoms with Gasteiger partial charge >= 0.3 is 0 Å². The van der Waals surface area contributed by atoms with E-state index in [0.717, 1.165) is 29.9 Å². The second-order valence-corrected chi connectivity index (χ2v) is 6.00. The highest BCUT2D eigenvalue weighted by molar-refractivity contribution is 7.99. The van der Waals surface area contributed by atoms with Gasteiger partial charge in [-0.25, -0.2) is 0 Å². The number of aromatic nitrogens is 3. The lowest BCUT2D eigenvalue weighted by Gasteiger charge is -2.16. The van der Waals surface area contributed by atoms with Crippen LogP contribution in [0.4, 0.5) is 11.9 Å². The first-order chi connectivity index (χ1) is 9.22. The molecule has 1 aromatic rings. The molecule has 1 atom stereocenters. The molecule has 1 aliphatic heterocycles. The van der Waals surface area contributed by atoms with Crippen LogP contribution >= 0.6 is 11.8 Å². The maximum absolute atomic E-state index is 4.60. The van der Waals surface area contributed by atoms with E-state index < -0.39 is 0 Å². The lowest BCUT2D eigenvalue weighted by Crippen LogP contribution is -2.21. The molecule has 5 nitrogen and oxygen atoms in total. The Kier molecular flexibility index (Phi) is 5.24. The number of nitrogens with zero attached hydrogens (tertiary/aromatic N) is 4. The Bertz CT molecular complexity index is 406. The van der Waals surface area contributed by atoms with Gasteiger partial charge in [0.1, 0.15) is 0 Å². The van der Waals surface area contributed by atoms with Crippen LogP contribution < -0.4 is 10.2 Å². The third-order valence-corrected chi connectivity index (χ3v) is 4.59. The van der Waals surface area contributed by atoms with Gasteiger partial charge in [-0.1, -0.05) is 32.0 Å². The lowest BCUT2D eigenvalue weighted by atomic mass is 10.2. The molecule has 0 bridgehead atoms. The SMILES string of the molecule is CCC(C)CSc1nc(NC)nc(N2CCCC2)n1. The van der Waals surface area contributed by atoms with Gasteiger partial charge in [-0.15, -0.1) is 0 Å². The van der Waals surface area contributed by atoms with E-state index in [1.807, 2.05) is 7.05 Å². The molecular formula is C13H23N5S. The zero-order valence-electron chi connectivity index (χ0n) is 12.0. The Morgan fingerprint density at radius 2 is 2.00 bits per heavy atom. The number of rotatable bonds is 6. The third kappa shape index (κ3) is 3.96. The van der Waals surface area contributed by atoms with Crippen molar-refractivity contribution in [3.8, 4) is 0 Å². The summed E-state index contributed by atoms with van der Waals surface area (Å²) in [7, 11) is 1.85. The van der Waals surface area contributed by atoms with Crippen molar-refractivity contribution in [2.75, 3.05) is 36.1 Å². The average molecular weight is 281 g/mol. The Labute approximate surface area is 119 Å². The summed E-state index contributed by atoms with van der Waals surface area (Å²) in [6.07, 6.45) is 3.65. The van der Waals surface area contributed by atoms with Crippen molar-refractivity contribution in [1.82, 2.24) is 15.0 Å². The molecule has 0 aliphatic carbocycles. The molecule has 19 heavy (non-hydrogen) atoms. The van der Waals surface area contributed by atoms with Crippen molar-refractivity contribution in [2.24, 2.45) is 5.92 Å². The van der Waals surface area contributed by atoms with Gasteiger partial charge in [-0.3, -0.25) is 0 Å². The zero-order valence-corrected chi connectivity index (χ0v) is 12.8. The maximum atomic E-state index is 4.60. The fourth-order valence-electron chi connectivity index (χ4n) is 1.92. The highest BCUT2D eigenvalue weighted by atomic mass is 32.2. The molecule has 0 saturated carbocycles. The van der Waals surface area contributed by atoms with Crippen molar-refractivity contribution < 1.29 is 0 Å². The summed E-state index contributed by atoms with van der Waals surface area (Å²) in [6.45, 7) is 6.59. The summed E-state index contributed by atoms with van der Waals surface area (Å²) in [5, 5.41) is 3.87. The number of hydrogen-bond acceptors (Lipinski definition) is 6. The van der Waals surface area contributed by atoms with Crippen LogP contribution in [0.15, 0.2) is 5.16 Å². The van der Waals surface area contributed by atoms with Gasteiger partial charge in [-0.05, 0) is 18.8 Å². The number of hydrogen-bond donors (Lipinski definition) is 1. The van der Waals surface area contributed by atoms with Crippen LogP contribution in [0.3, 0.4) is 0 Å². The lowest BCUT2D eigenvalue weighted by molar-refractivity contribution is 0.635. The molecule has 0 spiro atoms. The normalized spacial score (nSPS) is 16.7. The minimum absolute atomic E-state index is 0.670. The zero-order chi connectivity index (χ0) is 13.7. The summed E-state index contributed by atoms with van der Waals surface area (Å²) in [5.41, 5.74) is 0. The van der Waals surface area contributed by atoms with Crippen molar-refractivity contribution >= 4 is 23.7 Å². The van der Waals surface area contributed by atoms with E-state index in [1.54, 1.807) is 11.8 Å². The number of anilines is 2. The van der Waals surface area contributed by atoms with E-state index in [0.29, 0.717) is 11.9 Å². The molecule has 0 radical (unpaired) electrons. The van der Waals surface area contributed by atoms with Crippen LogP contribution in [0.2, 0.25) is 0 Å². The van der Waals surface area contributed by atoms with Gasteiger partial charge in [0.15, 0.2) is 5.16 Å². The molecule has 106 valence electrons. The van der Waals surface area contributed by atoms with E-state index >= 15 is 0 Å². The van der Waals surface area contributed by atoms with E-state index in [-0.39, 0.29) is 0 Å². The smallest absolute Gasteiger partial charge is 0.231 e. The van der Waals surface area contributed by atoms with Crippen LogP contribution in [-0.4, -0.2) is 40.8 Å². The first-order valence-corrected chi connectivity index (χ1v) is 8.03. The van der Waals surface area contributed by atoms with Crippen molar-refractivity contribution in [1.29, 1.82) is 0 Å². The second kappa shape index (κ2) is 6.93. The maximum Gasteiger partial charge on any atom is 0.231 e. The third-order valence-electron chi connectivity index (χ3n) is 3.41. The Hall–Kier alpha value is -1.04. The molecular weight excluding hydrogens is 258 g/mol. The van der Waals surface area contributed by atoms with Gasteiger partial charge in [0.05, 0.1) is 0 Å². The van der Waals surface area contributed by atoms with E-state index in [2.05, 4.69) is 39.0 Å². The molecule has 1 fully saturated rings. The molecule has 1 N–H and O–H groups in total. The summed E-state index contributed by atoms with van der Waals surface area (Å²) < 4.78 is 0. The number of nitrogens with one attached hydrogen (secondary N) is 1. The summed E-state index contributed by atoms with van der Waals surface area (Å²) >= 11 is 1.73. The molecule has 2 heterocycles. The van der Waals surface area contributed by atoms with Crippen molar-refractivity contribution in [3.63, 3.8) is 0 Å². The molecule has 1 aliphatic rings. The number of thioether (sulfide) groups is 1. The van der Waals surface area contributed by atoms with Crippen LogP contribution in [-0.2, 0) is 0 Å². The molecule has 2 rings (SSSR count). The minimum Gasteiger partial charge on any atom is -0.357 e. The highest BCUT2D eigenvalue weighted by Crippen LogP contribution is 2.23. The summed E-state index contributed by atoms with van der Waals surface area (Å²) in [5.74, 6) is 3.24. The molecule has 0 aromatic carbocycles. The minimum atomic E-state index is 0.670. The second-order valence-electron chi connectivity index (χ2n) is 5.01. The average Bonchev–Trinajstić information content (AvgIpc) is 2.98. The van der Waals surface area contributed by atoms with E-state index in [4.69, 9.17) is 0 Å². The highest BCUT2D eigenvalue weighted by Gasteiger charge is 2.17.